The number of amides is 1. The Morgan fingerprint density at radius 3 is 2.90 bits per heavy atom. The van der Waals surface area contributed by atoms with Crippen LogP contribution in [0.3, 0.4) is 0 Å². The third-order valence-corrected chi connectivity index (χ3v) is 6.16. The molecule has 0 bridgehead atoms. The van der Waals surface area contributed by atoms with Crippen molar-refractivity contribution in [2.24, 2.45) is 0 Å². The summed E-state index contributed by atoms with van der Waals surface area (Å²) in [6, 6.07) is 2.07. The molecule has 2 aliphatic rings. The Morgan fingerprint density at radius 1 is 1.28 bits per heavy atom. The molecule has 1 saturated heterocycles. The Kier molecular flexibility index (Phi) is 5.94. The van der Waals surface area contributed by atoms with Crippen molar-refractivity contribution >= 4 is 5.91 Å². The number of likely N-dealkylation sites (tertiary alicyclic amines) is 1. The predicted octanol–water partition coefficient (Wildman–Crippen LogP) is 2.46. The molecule has 0 spiro atoms. The molecule has 4 rings (SSSR count). The molecule has 2 aromatic rings. The first-order chi connectivity index (χ1) is 14.0. The van der Waals surface area contributed by atoms with E-state index in [1.165, 1.54) is 12.8 Å². The molecule has 29 heavy (non-hydrogen) atoms. The molecule has 1 unspecified atom stereocenters. The van der Waals surface area contributed by atoms with Crippen LogP contribution in [0.15, 0.2) is 12.3 Å². The second-order valence-corrected chi connectivity index (χ2v) is 8.62. The molecule has 1 fully saturated rings. The summed E-state index contributed by atoms with van der Waals surface area (Å²) in [6.07, 6.45) is 6.54. The summed E-state index contributed by atoms with van der Waals surface area (Å²) < 4.78 is 1.99. The molecule has 0 aromatic carbocycles. The predicted molar refractivity (Wildman–Crippen MR) is 112 cm³/mol. The Hall–Kier alpha value is -2.28. The fourth-order valence-corrected chi connectivity index (χ4v) is 4.56. The summed E-state index contributed by atoms with van der Waals surface area (Å²) in [5.74, 6) is 1.64. The van der Waals surface area contributed by atoms with Crippen LogP contribution in [0.1, 0.15) is 60.1 Å². The summed E-state index contributed by atoms with van der Waals surface area (Å²) in [6.45, 7) is 8.45. The van der Waals surface area contributed by atoms with E-state index in [4.69, 9.17) is 4.98 Å². The van der Waals surface area contributed by atoms with Gasteiger partial charge in [-0.15, -0.1) is 0 Å². The molecular weight excluding hydrogens is 364 g/mol. The molecule has 1 atom stereocenters. The summed E-state index contributed by atoms with van der Waals surface area (Å²) in [5, 5.41) is 4.47. The van der Waals surface area contributed by atoms with Crippen molar-refractivity contribution in [1.82, 2.24) is 29.5 Å². The van der Waals surface area contributed by atoms with E-state index in [1.807, 2.05) is 22.7 Å². The molecule has 0 N–H and O–H groups in total. The first-order valence-corrected chi connectivity index (χ1v) is 10.8. The average molecular weight is 397 g/mol. The number of carbonyl (C=O) groups is 1. The quantitative estimate of drug-likeness (QED) is 0.777. The van der Waals surface area contributed by atoms with Crippen molar-refractivity contribution in [3.05, 3.63) is 40.7 Å². The van der Waals surface area contributed by atoms with E-state index in [0.717, 1.165) is 67.5 Å². The van der Waals surface area contributed by atoms with Gasteiger partial charge in [-0.3, -0.25) is 9.48 Å². The summed E-state index contributed by atoms with van der Waals surface area (Å²) >= 11 is 0. The van der Waals surface area contributed by atoms with Gasteiger partial charge in [0.25, 0.3) is 0 Å². The van der Waals surface area contributed by atoms with E-state index in [-0.39, 0.29) is 5.91 Å². The Labute approximate surface area is 173 Å². The number of likely N-dealkylation sites (N-methyl/N-ethyl adjacent to an activating group) is 1. The summed E-state index contributed by atoms with van der Waals surface area (Å²) in [4.78, 5) is 26.6. The minimum Gasteiger partial charge on any atom is -0.338 e. The number of aromatic nitrogens is 4. The largest absolute Gasteiger partial charge is 0.338 e. The molecule has 7 heteroatoms. The number of piperidine rings is 1. The van der Waals surface area contributed by atoms with Crippen LogP contribution in [0, 0.1) is 13.8 Å². The van der Waals surface area contributed by atoms with Crippen molar-refractivity contribution in [3.8, 4) is 0 Å². The Bertz CT molecular complexity index is 876. The van der Waals surface area contributed by atoms with Crippen LogP contribution in [-0.2, 0) is 24.3 Å². The number of hydrogen-bond donors (Lipinski definition) is 0. The molecule has 4 heterocycles. The maximum absolute atomic E-state index is 12.7. The van der Waals surface area contributed by atoms with Crippen LogP contribution in [0.25, 0.3) is 0 Å². The third-order valence-electron chi connectivity index (χ3n) is 6.16. The lowest BCUT2D eigenvalue weighted by Gasteiger charge is -2.31. The van der Waals surface area contributed by atoms with E-state index < -0.39 is 0 Å². The fraction of sp³-hybridized carbons (Fsp3) is 0.636. The standard InChI is InChI=1S/C22H32N6O/c1-16-12-17(2)28(25-16)10-5-7-21(29)27-11-8-20-19(15-27)13-23-22(24-20)18-6-4-9-26(3)14-18/h12-13,18H,4-11,14-15H2,1-3H3. The maximum atomic E-state index is 12.7. The number of nitrogens with zero attached hydrogens (tertiary/aromatic N) is 6. The van der Waals surface area contributed by atoms with Crippen LogP contribution < -0.4 is 0 Å². The van der Waals surface area contributed by atoms with Gasteiger partial charge in [0, 0.05) is 62.4 Å². The average Bonchev–Trinajstić information content (AvgIpc) is 3.04. The van der Waals surface area contributed by atoms with Crippen LogP contribution in [0.2, 0.25) is 0 Å². The highest BCUT2D eigenvalue weighted by molar-refractivity contribution is 5.76. The lowest BCUT2D eigenvalue weighted by Crippen LogP contribution is -2.37. The first-order valence-electron chi connectivity index (χ1n) is 10.8. The second-order valence-electron chi connectivity index (χ2n) is 8.62. The van der Waals surface area contributed by atoms with Gasteiger partial charge in [-0.2, -0.15) is 5.10 Å². The molecule has 1 amide bonds. The van der Waals surface area contributed by atoms with Crippen molar-refractivity contribution in [3.63, 3.8) is 0 Å². The molecule has 2 aliphatic heterocycles. The topological polar surface area (TPSA) is 67.2 Å². The molecule has 0 aliphatic carbocycles. The van der Waals surface area contributed by atoms with Crippen LogP contribution in [0.4, 0.5) is 0 Å². The van der Waals surface area contributed by atoms with Crippen molar-refractivity contribution in [1.29, 1.82) is 0 Å². The van der Waals surface area contributed by atoms with Gasteiger partial charge < -0.3 is 9.80 Å². The molecule has 7 nitrogen and oxygen atoms in total. The fourth-order valence-electron chi connectivity index (χ4n) is 4.56. The summed E-state index contributed by atoms with van der Waals surface area (Å²) in [5.41, 5.74) is 4.42. The third kappa shape index (κ3) is 4.66. The number of fused-ring (bicyclic) bond motifs is 1. The maximum Gasteiger partial charge on any atom is 0.222 e. The van der Waals surface area contributed by atoms with Crippen LogP contribution >= 0.6 is 0 Å². The van der Waals surface area contributed by atoms with Gasteiger partial charge in [-0.05, 0) is 52.8 Å². The number of hydrogen-bond acceptors (Lipinski definition) is 5. The van der Waals surface area contributed by atoms with E-state index in [1.54, 1.807) is 0 Å². The minimum absolute atomic E-state index is 0.218. The summed E-state index contributed by atoms with van der Waals surface area (Å²) in [7, 11) is 2.17. The molecular formula is C22H32N6O. The normalized spacial score (nSPS) is 20.0. The zero-order valence-electron chi connectivity index (χ0n) is 17.9. The van der Waals surface area contributed by atoms with Crippen LogP contribution in [0.5, 0.6) is 0 Å². The van der Waals surface area contributed by atoms with E-state index in [2.05, 4.69) is 35.0 Å². The van der Waals surface area contributed by atoms with Gasteiger partial charge >= 0.3 is 0 Å². The Morgan fingerprint density at radius 2 is 2.14 bits per heavy atom. The number of carbonyl (C=O) groups excluding carboxylic acids is 1. The highest BCUT2D eigenvalue weighted by Crippen LogP contribution is 2.25. The monoisotopic (exact) mass is 396 g/mol. The Balaban J connectivity index is 1.32. The highest BCUT2D eigenvalue weighted by atomic mass is 16.2. The number of rotatable bonds is 5. The van der Waals surface area contributed by atoms with Gasteiger partial charge in [0.2, 0.25) is 5.91 Å². The van der Waals surface area contributed by atoms with Gasteiger partial charge in [-0.1, -0.05) is 0 Å². The lowest BCUT2D eigenvalue weighted by atomic mass is 9.97. The molecule has 156 valence electrons. The lowest BCUT2D eigenvalue weighted by molar-refractivity contribution is -0.132. The molecule has 0 saturated carbocycles. The van der Waals surface area contributed by atoms with Crippen molar-refractivity contribution < 1.29 is 4.79 Å². The van der Waals surface area contributed by atoms with E-state index in [0.29, 0.717) is 18.9 Å². The smallest absolute Gasteiger partial charge is 0.222 e. The van der Waals surface area contributed by atoms with E-state index >= 15 is 0 Å². The SMILES string of the molecule is Cc1cc(C)n(CCCC(=O)N2CCc3nc(C4CCCN(C)C4)ncc3C2)n1. The van der Waals surface area contributed by atoms with Gasteiger partial charge in [0.15, 0.2) is 0 Å². The van der Waals surface area contributed by atoms with E-state index in [9.17, 15) is 4.79 Å². The molecule has 2 aromatic heterocycles. The van der Waals surface area contributed by atoms with Gasteiger partial charge in [0.05, 0.1) is 11.4 Å². The van der Waals surface area contributed by atoms with Crippen LogP contribution in [-0.4, -0.2) is 62.1 Å². The minimum atomic E-state index is 0.218. The van der Waals surface area contributed by atoms with Gasteiger partial charge in [0.1, 0.15) is 5.82 Å². The van der Waals surface area contributed by atoms with Gasteiger partial charge in [-0.25, -0.2) is 9.97 Å². The zero-order chi connectivity index (χ0) is 20.4. The second kappa shape index (κ2) is 8.61. The van der Waals surface area contributed by atoms with Crippen molar-refractivity contribution in [2.75, 3.05) is 26.7 Å². The highest BCUT2D eigenvalue weighted by Gasteiger charge is 2.25. The zero-order valence-corrected chi connectivity index (χ0v) is 17.9. The van der Waals surface area contributed by atoms with Crippen molar-refractivity contribution in [2.45, 2.75) is 65.0 Å². The molecule has 0 radical (unpaired) electrons. The number of aryl methyl sites for hydroxylation is 3. The first kappa shape index (κ1) is 20.0.